The van der Waals surface area contributed by atoms with Gasteiger partial charge in [0, 0.05) is 11.4 Å². The van der Waals surface area contributed by atoms with Gasteiger partial charge >= 0.3 is 5.97 Å². The molecule has 2 N–H and O–H groups in total. The van der Waals surface area contributed by atoms with Gasteiger partial charge in [0.2, 0.25) is 0 Å². The molecule has 1 heterocycles. The zero-order chi connectivity index (χ0) is 15.6. The fourth-order valence-electron chi connectivity index (χ4n) is 2.73. The highest BCUT2D eigenvalue weighted by Crippen LogP contribution is 2.30. The maximum Gasteiger partial charge on any atom is 0.308 e. The van der Waals surface area contributed by atoms with Gasteiger partial charge in [-0.15, -0.1) is 11.3 Å². The molecule has 5 heteroatoms. The standard InChI is InChI=1S/C16H23NO3S/c1-16(2,3)8-11(15(19)20)9-17-14(18)13-7-10-5-4-6-12(10)21-13/h7,11H,4-6,8-9H2,1-3H3,(H,17,18)(H,19,20). The van der Waals surface area contributed by atoms with Gasteiger partial charge in [-0.25, -0.2) is 0 Å². The lowest BCUT2D eigenvalue weighted by atomic mass is 9.84. The van der Waals surface area contributed by atoms with E-state index in [9.17, 15) is 14.7 Å². The molecule has 4 nitrogen and oxygen atoms in total. The van der Waals surface area contributed by atoms with Crippen LogP contribution in [0.3, 0.4) is 0 Å². The van der Waals surface area contributed by atoms with Crippen LogP contribution in [-0.4, -0.2) is 23.5 Å². The van der Waals surface area contributed by atoms with Crippen LogP contribution in [0.25, 0.3) is 0 Å². The number of carboxylic acids is 1. The van der Waals surface area contributed by atoms with Crippen molar-refractivity contribution in [3.8, 4) is 0 Å². The van der Waals surface area contributed by atoms with Crippen molar-refractivity contribution in [1.82, 2.24) is 5.32 Å². The number of fused-ring (bicyclic) bond motifs is 1. The Morgan fingerprint density at radius 2 is 2.10 bits per heavy atom. The fourth-order valence-corrected chi connectivity index (χ4v) is 3.90. The van der Waals surface area contributed by atoms with Gasteiger partial charge in [-0.2, -0.15) is 0 Å². The molecule has 1 amide bonds. The second-order valence-corrected chi connectivity index (χ2v) is 8.06. The molecule has 1 aromatic rings. The number of carbonyl (C=O) groups is 2. The summed E-state index contributed by atoms with van der Waals surface area (Å²) in [6.07, 6.45) is 3.84. The highest BCUT2D eigenvalue weighted by atomic mass is 32.1. The molecule has 0 saturated heterocycles. The second kappa shape index (κ2) is 6.18. The number of hydrogen-bond donors (Lipinski definition) is 2. The van der Waals surface area contributed by atoms with Gasteiger partial charge < -0.3 is 10.4 Å². The lowest BCUT2D eigenvalue weighted by molar-refractivity contribution is -0.142. The van der Waals surface area contributed by atoms with Gasteiger partial charge in [0.05, 0.1) is 10.8 Å². The summed E-state index contributed by atoms with van der Waals surface area (Å²) in [5.74, 6) is -1.53. The zero-order valence-corrected chi connectivity index (χ0v) is 13.7. The van der Waals surface area contributed by atoms with Gasteiger partial charge in [0.25, 0.3) is 5.91 Å². The quantitative estimate of drug-likeness (QED) is 0.878. The lowest BCUT2D eigenvalue weighted by Crippen LogP contribution is -2.34. The van der Waals surface area contributed by atoms with Crippen LogP contribution in [0.5, 0.6) is 0 Å². The molecule has 1 aromatic heterocycles. The average molecular weight is 309 g/mol. The van der Waals surface area contributed by atoms with Gasteiger partial charge in [-0.05, 0) is 42.7 Å². The number of nitrogens with one attached hydrogen (secondary N) is 1. The van der Waals surface area contributed by atoms with E-state index in [1.54, 1.807) is 11.3 Å². The van der Waals surface area contributed by atoms with Crippen LogP contribution < -0.4 is 5.32 Å². The molecule has 1 atom stereocenters. The molecule has 1 unspecified atom stereocenters. The van der Waals surface area contributed by atoms with E-state index in [2.05, 4.69) is 5.32 Å². The smallest absolute Gasteiger partial charge is 0.308 e. The van der Waals surface area contributed by atoms with E-state index in [1.807, 2.05) is 26.8 Å². The van der Waals surface area contributed by atoms with Crippen LogP contribution in [0.4, 0.5) is 0 Å². The topological polar surface area (TPSA) is 66.4 Å². The number of aliphatic carboxylic acids is 1. The van der Waals surface area contributed by atoms with Crippen LogP contribution in [0.15, 0.2) is 6.07 Å². The van der Waals surface area contributed by atoms with E-state index >= 15 is 0 Å². The molecular formula is C16H23NO3S. The first-order chi connectivity index (χ1) is 9.76. The maximum absolute atomic E-state index is 12.1. The van der Waals surface area contributed by atoms with E-state index in [4.69, 9.17) is 0 Å². The van der Waals surface area contributed by atoms with Crippen LogP contribution in [0.2, 0.25) is 0 Å². The Balaban J connectivity index is 1.93. The summed E-state index contributed by atoms with van der Waals surface area (Å²) < 4.78 is 0. The molecule has 116 valence electrons. The predicted molar refractivity (Wildman–Crippen MR) is 83.9 cm³/mol. The number of aryl methyl sites for hydroxylation is 2. The highest BCUT2D eigenvalue weighted by Gasteiger charge is 2.26. The van der Waals surface area contributed by atoms with Crippen molar-refractivity contribution in [2.75, 3.05) is 6.54 Å². The van der Waals surface area contributed by atoms with Gasteiger partial charge in [-0.3, -0.25) is 9.59 Å². The van der Waals surface area contributed by atoms with E-state index in [0.717, 1.165) is 12.8 Å². The molecule has 21 heavy (non-hydrogen) atoms. The average Bonchev–Trinajstić information content (AvgIpc) is 2.92. The van der Waals surface area contributed by atoms with E-state index in [-0.39, 0.29) is 17.9 Å². The molecule has 0 aromatic carbocycles. The van der Waals surface area contributed by atoms with Crippen molar-refractivity contribution in [1.29, 1.82) is 0 Å². The molecular weight excluding hydrogens is 286 g/mol. The third kappa shape index (κ3) is 4.30. The van der Waals surface area contributed by atoms with Crippen molar-refractivity contribution in [3.63, 3.8) is 0 Å². The summed E-state index contributed by atoms with van der Waals surface area (Å²) in [4.78, 5) is 25.5. The summed E-state index contributed by atoms with van der Waals surface area (Å²) in [6, 6.07) is 1.96. The SMILES string of the molecule is CC(C)(C)CC(CNC(=O)c1cc2c(s1)CCC2)C(=O)O. The third-order valence-electron chi connectivity index (χ3n) is 3.69. The number of carboxylic acid groups (broad SMARTS) is 1. The minimum atomic E-state index is -0.848. The summed E-state index contributed by atoms with van der Waals surface area (Å²) in [6.45, 7) is 6.21. The van der Waals surface area contributed by atoms with Gasteiger partial charge in [0.15, 0.2) is 0 Å². The molecule has 0 spiro atoms. The summed E-state index contributed by atoms with van der Waals surface area (Å²) >= 11 is 1.54. The molecule has 0 saturated carbocycles. The van der Waals surface area contributed by atoms with E-state index in [1.165, 1.54) is 16.9 Å². The number of amides is 1. The van der Waals surface area contributed by atoms with Crippen LogP contribution in [-0.2, 0) is 17.6 Å². The summed E-state index contributed by atoms with van der Waals surface area (Å²) in [7, 11) is 0. The zero-order valence-electron chi connectivity index (χ0n) is 12.9. The van der Waals surface area contributed by atoms with Crippen molar-refractivity contribution < 1.29 is 14.7 Å². The summed E-state index contributed by atoms with van der Waals surface area (Å²) in [5.41, 5.74) is 1.22. The third-order valence-corrected chi connectivity index (χ3v) is 4.92. The minimum absolute atomic E-state index is 0.0715. The normalized spacial score (nSPS) is 15.6. The number of rotatable bonds is 5. The van der Waals surface area contributed by atoms with E-state index < -0.39 is 11.9 Å². The molecule has 1 aliphatic rings. The number of hydrogen-bond acceptors (Lipinski definition) is 3. The highest BCUT2D eigenvalue weighted by molar-refractivity contribution is 7.14. The Morgan fingerprint density at radius 3 is 2.67 bits per heavy atom. The first-order valence-electron chi connectivity index (χ1n) is 7.39. The van der Waals surface area contributed by atoms with Gasteiger partial charge in [0.1, 0.15) is 0 Å². The molecule has 0 bridgehead atoms. The van der Waals surface area contributed by atoms with Crippen molar-refractivity contribution in [2.45, 2.75) is 46.5 Å². The predicted octanol–water partition coefficient (Wildman–Crippen LogP) is 3.10. The Bertz CT molecular complexity index is 521. The Labute approximate surface area is 129 Å². The fraction of sp³-hybridized carbons (Fsp3) is 0.625. The molecule has 0 radical (unpaired) electrons. The second-order valence-electron chi connectivity index (χ2n) is 6.92. The van der Waals surface area contributed by atoms with Crippen LogP contribution in [0, 0.1) is 11.3 Å². The van der Waals surface area contributed by atoms with Crippen molar-refractivity contribution in [3.05, 3.63) is 21.4 Å². The Kier molecular flexibility index (Phi) is 4.71. The maximum atomic E-state index is 12.1. The monoisotopic (exact) mass is 309 g/mol. The van der Waals surface area contributed by atoms with E-state index in [0.29, 0.717) is 11.3 Å². The number of carbonyl (C=O) groups excluding carboxylic acids is 1. The first-order valence-corrected chi connectivity index (χ1v) is 8.20. The van der Waals surface area contributed by atoms with Crippen LogP contribution >= 0.6 is 11.3 Å². The van der Waals surface area contributed by atoms with Crippen LogP contribution in [0.1, 0.15) is 53.7 Å². The molecule has 1 aliphatic carbocycles. The van der Waals surface area contributed by atoms with Crippen molar-refractivity contribution >= 4 is 23.2 Å². The molecule has 0 aliphatic heterocycles. The lowest BCUT2D eigenvalue weighted by Gasteiger charge is -2.23. The Morgan fingerprint density at radius 1 is 1.38 bits per heavy atom. The minimum Gasteiger partial charge on any atom is -0.481 e. The molecule has 0 fully saturated rings. The Hall–Kier alpha value is -1.36. The largest absolute Gasteiger partial charge is 0.481 e. The van der Waals surface area contributed by atoms with Crippen molar-refractivity contribution in [2.24, 2.45) is 11.3 Å². The van der Waals surface area contributed by atoms with Gasteiger partial charge in [-0.1, -0.05) is 20.8 Å². The molecule has 2 rings (SSSR count). The number of thiophene rings is 1. The first kappa shape index (κ1) is 16.0. The summed E-state index contributed by atoms with van der Waals surface area (Å²) in [5, 5.41) is 12.0.